The molecule has 0 aliphatic heterocycles. The van der Waals surface area contributed by atoms with Gasteiger partial charge in [0.1, 0.15) is 0 Å². The van der Waals surface area contributed by atoms with Crippen LogP contribution < -0.4 is 0 Å². The third-order valence-corrected chi connectivity index (χ3v) is 4.24. The standard InChI is InChI=1S/C17H14BrClN2O/c18-14-3-6-17-16(9-14)13(10-20-17)7-8-21(22)11-12-1-4-15(19)5-2-12/h1-6,9-11,20H,7-8H2/b21-11-. The molecule has 3 nitrogen and oxygen atoms in total. The Bertz CT molecular complexity index is 824. The van der Waals surface area contributed by atoms with Crippen molar-refractivity contribution in [3.8, 4) is 0 Å². The molecule has 0 aliphatic rings. The van der Waals surface area contributed by atoms with Crippen molar-refractivity contribution >= 4 is 44.6 Å². The number of aromatic nitrogens is 1. The van der Waals surface area contributed by atoms with E-state index in [1.807, 2.05) is 30.5 Å². The molecule has 0 saturated heterocycles. The Kier molecular flexibility index (Phi) is 4.50. The highest BCUT2D eigenvalue weighted by atomic mass is 79.9. The maximum absolute atomic E-state index is 12.0. The molecule has 0 bridgehead atoms. The second-order valence-corrected chi connectivity index (χ2v) is 6.43. The van der Waals surface area contributed by atoms with Gasteiger partial charge in [0.05, 0.1) is 0 Å². The first-order chi connectivity index (χ1) is 10.6. The maximum Gasteiger partial charge on any atom is 0.181 e. The summed E-state index contributed by atoms with van der Waals surface area (Å²) in [6.07, 6.45) is 4.23. The van der Waals surface area contributed by atoms with E-state index in [0.29, 0.717) is 18.0 Å². The molecule has 0 fully saturated rings. The summed E-state index contributed by atoms with van der Waals surface area (Å²) >= 11 is 9.31. The van der Waals surface area contributed by atoms with Crippen molar-refractivity contribution in [2.45, 2.75) is 6.42 Å². The van der Waals surface area contributed by atoms with Gasteiger partial charge < -0.3 is 10.2 Å². The van der Waals surface area contributed by atoms with Gasteiger partial charge in [0.15, 0.2) is 12.8 Å². The molecule has 1 aromatic heterocycles. The zero-order chi connectivity index (χ0) is 15.5. The van der Waals surface area contributed by atoms with Gasteiger partial charge in [-0.2, -0.15) is 0 Å². The normalized spacial score (nSPS) is 12.0. The molecule has 3 rings (SSSR count). The Labute approximate surface area is 141 Å². The molecule has 0 amide bonds. The van der Waals surface area contributed by atoms with Gasteiger partial charge in [-0.1, -0.05) is 27.5 Å². The lowest BCUT2D eigenvalue weighted by molar-refractivity contribution is -0.451. The average Bonchev–Trinajstić information content (AvgIpc) is 2.90. The monoisotopic (exact) mass is 376 g/mol. The van der Waals surface area contributed by atoms with Gasteiger partial charge in [0.25, 0.3) is 0 Å². The molecule has 112 valence electrons. The minimum atomic E-state index is 0.405. The van der Waals surface area contributed by atoms with Crippen molar-refractivity contribution in [3.63, 3.8) is 0 Å². The number of hydroxylamine groups is 1. The van der Waals surface area contributed by atoms with Crippen molar-refractivity contribution in [1.29, 1.82) is 0 Å². The van der Waals surface area contributed by atoms with Crippen LogP contribution in [-0.2, 0) is 6.42 Å². The van der Waals surface area contributed by atoms with Crippen LogP contribution in [0.2, 0.25) is 5.02 Å². The molecule has 0 saturated carbocycles. The zero-order valence-corrected chi connectivity index (χ0v) is 14.1. The summed E-state index contributed by atoms with van der Waals surface area (Å²) in [6.45, 7) is 0.405. The number of H-pyrrole nitrogens is 1. The first-order valence-electron chi connectivity index (χ1n) is 6.91. The van der Waals surface area contributed by atoms with Crippen molar-refractivity contribution in [3.05, 3.63) is 74.5 Å². The van der Waals surface area contributed by atoms with E-state index in [0.717, 1.165) is 31.2 Å². The highest BCUT2D eigenvalue weighted by molar-refractivity contribution is 9.10. The van der Waals surface area contributed by atoms with Gasteiger partial charge >= 0.3 is 0 Å². The average molecular weight is 378 g/mol. The predicted molar refractivity (Wildman–Crippen MR) is 94.8 cm³/mol. The van der Waals surface area contributed by atoms with Crippen LogP contribution in [0.25, 0.3) is 10.9 Å². The first-order valence-corrected chi connectivity index (χ1v) is 8.08. The van der Waals surface area contributed by atoms with E-state index >= 15 is 0 Å². The van der Waals surface area contributed by atoms with E-state index < -0.39 is 0 Å². The van der Waals surface area contributed by atoms with Crippen molar-refractivity contribution in [2.24, 2.45) is 0 Å². The molecule has 0 aliphatic carbocycles. The fourth-order valence-electron chi connectivity index (χ4n) is 2.37. The van der Waals surface area contributed by atoms with Gasteiger partial charge in [0, 0.05) is 38.6 Å². The summed E-state index contributed by atoms with van der Waals surface area (Å²) in [6, 6.07) is 13.3. The van der Waals surface area contributed by atoms with E-state index in [1.165, 1.54) is 0 Å². The SMILES string of the molecule is [O-]/[N+](=C\c1ccc(Cl)cc1)CCc1c[nH]c2ccc(Br)cc12. The number of aromatic amines is 1. The predicted octanol–water partition coefficient (Wildman–Crippen LogP) is 4.76. The minimum absolute atomic E-state index is 0.405. The second kappa shape index (κ2) is 6.55. The summed E-state index contributed by atoms with van der Waals surface area (Å²) in [5.74, 6) is 0. The molecule has 0 spiro atoms. The molecule has 3 aromatic rings. The highest BCUT2D eigenvalue weighted by Gasteiger charge is 2.06. The number of hydrogen-bond acceptors (Lipinski definition) is 1. The first kappa shape index (κ1) is 15.1. The minimum Gasteiger partial charge on any atom is -0.624 e. The van der Waals surface area contributed by atoms with Crippen LogP contribution in [0.1, 0.15) is 11.1 Å². The quantitative estimate of drug-likeness (QED) is 0.303. The van der Waals surface area contributed by atoms with Crippen molar-refractivity contribution < 1.29 is 4.74 Å². The van der Waals surface area contributed by atoms with Crippen molar-refractivity contribution in [1.82, 2.24) is 4.98 Å². The molecule has 1 heterocycles. The van der Waals surface area contributed by atoms with Gasteiger partial charge in [-0.15, -0.1) is 0 Å². The number of hydrogen-bond donors (Lipinski definition) is 1. The Morgan fingerprint density at radius 2 is 1.95 bits per heavy atom. The lowest BCUT2D eigenvalue weighted by atomic mass is 10.1. The largest absolute Gasteiger partial charge is 0.624 e. The molecule has 2 aromatic carbocycles. The van der Waals surface area contributed by atoms with Crippen LogP contribution in [-0.4, -0.2) is 22.5 Å². The van der Waals surface area contributed by atoms with Crippen LogP contribution in [0.4, 0.5) is 0 Å². The molecular formula is C17H14BrClN2O. The summed E-state index contributed by atoms with van der Waals surface area (Å²) < 4.78 is 1.99. The topological polar surface area (TPSA) is 41.9 Å². The molecule has 22 heavy (non-hydrogen) atoms. The fraction of sp³-hybridized carbons (Fsp3) is 0.118. The molecule has 5 heteroatoms. The summed E-state index contributed by atoms with van der Waals surface area (Å²) in [5, 5.41) is 13.8. The van der Waals surface area contributed by atoms with Gasteiger partial charge in [-0.3, -0.25) is 0 Å². The molecule has 0 radical (unpaired) electrons. The van der Waals surface area contributed by atoms with Crippen LogP contribution in [0, 0.1) is 5.21 Å². The fourth-order valence-corrected chi connectivity index (χ4v) is 2.85. The number of fused-ring (bicyclic) bond motifs is 1. The Morgan fingerprint density at radius 1 is 1.18 bits per heavy atom. The summed E-state index contributed by atoms with van der Waals surface area (Å²) in [5.41, 5.74) is 3.07. The number of rotatable bonds is 4. The third-order valence-electron chi connectivity index (χ3n) is 3.49. The zero-order valence-electron chi connectivity index (χ0n) is 11.7. The van der Waals surface area contributed by atoms with E-state index in [2.05, 4.69) is 27.0 Å². The number of halogens is 2. The highest BCUT2D eigenvalue weighted by Crippen LogP contribution is 2.23. The number of nitrogens with zero attached hydrogens (tertiary/aromatic N) is 1. The molecule has 1 N–H and O–H groups in total. The van der Waals surface area contributed by atoms with Crippen molar-refractivity contribution in [2.75, 3.05) is 6.54 Å². The summed E-state index contributed by atoms with van der Waals surface area (Å²) in [4.78, 5) is 3.23. The van der Waals surface area contributed by atoms with E-state index in [1.54, 1.807) is 18.3 Å². The van der Waals surface area contributed by atoms with E-state index in [9.17, 15) is 5.21 Å². The lowest BCUT2D eigenvalue weighted by Crippen LogP contribution is -2.09. The van der Waals surface area contributed by atoms with Gasteiger partial charge in [0.2, 0.25) is 0 Å². The third kappa shape index (κ3) is 3.51. The number of nitrogens with one attached hydrogen (secondary N) is 1. The van der Waals surface area contributed by atoms with E-state index in [-0.39, 0.29) is 0 Å². The Balaban J connectivity index is 1.73. The van der Waals surface area contributed by atoms with Crippen LogP contribution in [0.15, 0.2) is 53.1 Å². The van der Waals surface area contributed by atoms with Gasteiger partial charge in [-0.05, 0) is 48.0 Å². The van der Waals surface area contributed by atoms with Gasteiger partial charge in [-0.25, -0.2) is 4.74 Å². The summed E-state index contributed by atoms with van der Waals surface area (Å²) in [7, 11) is 0. The molecule has 0 unspecified atom stereocenters. The Hall–Kier alpha value is -1.78. The molecular weight excluding hydrogens is 364 g/mol. The van der Waals surface area contributed by atoms with Crippen LogP contribution >= 0.6 is 27.5 Å². The number of benzene rings is 2. The molecule has 0 atom stereocenters. The lowest BCUT2D eigenvalue weighted by Gasteiger charge is -2.04. The van der Waals surface area contributed by atoms with Crippen LogP contribution in [0.3, 0.4) is 0 Å². The van der Waals surface area contributed by atoms with Crippen LogP contribution in [0.5, 0.6) is 0 Å². The maximum atomic E-state index is 12.0. The van der Waals surface area contributed by atoms with E-state index in [4.69, 9.17) is 11.6 Å². The Morgan fingerprint density at radius 3 is 2.73 bits per heavy atom. The smallest absolute Gasteiger partial charge is 0.181 e. The second-order valence-electron chi connectivity index (χ2n) is 5.08.